The first kappa shape index (κ1) is 22.6. The average molecular weight is 575 g/mol. The van der Waals surface area contributed by atoms with E-state index in [-0.39, 0.29) is 21.2 Å². The van der Waals surface area contributed by atoms with E-state index in [0.29, 0.717) is 16.1 Å². The van der Waals surface area contributed by atoms with E-state index in [1.807, 2.05) is 24.3 Å². The molecule has 0 saturated heterocycles. The van der Waals surface area contributed by atoms with Crippen molar-refractivity contribution in [2.24, 2.45) is 4.99 Å². The van der Waals surface area contributed by atoms with Gasteiger partial charge >= 0.3 is 206 Å². The van der Waals surface area contributed by atoms with Crippen molar-refractivity contribution < 1.29 is 21.2 Å². The van der Waals surface area contributed by atoms with Crippen LogP contribution in [-0.4, -0.2) is 34.7 Å². The molecule has 0 radical (unpaired) electrons. The van der Waals surface area contributed by atoms with Crippen LogP contribution in [0.2, 0.25) is 15.1 Å². The Morgan fingerprint density at radius 2 is 1.77 bits per heavy atom. The van der Waals surface area contributed by atoms with Crippen molar-refractivity contribution >= 4 is 40.5 Å². The molecule has 2 aliphatic rings. The Morgan fingerprint density at radius 1 is 1.03 bits per heavy atom. The third kappa shape index (κ3) is 4.91. The fraction of sp³-hybridized carbons (Fsp3) is 0.375. The summed E-state index contributed by atoms with van der Waals surface area (Å²) in [6, 6.07) is 12.7. The van der Waals surface area contributed by atoms with Gasteiger partial charge in [-0.3, -0.25) is 0 Å². The maximum atomic E-state index is 6.38. The van der Waals surface area contributed by atoms with E-state index in [1.54, 1.807) is 3.58 Å². The van der Waals surface area contributed by atoms with Crippen molar-refractivity contribution in [3.63, 3.8) is 0 Å². The number of hydrogen-bond acceptors (Lipinski definition) is 2. The summed E-state index contributed by atoms with van der Waals surface area (Å²) in [7, 11) is 0. The molecule has 2 nitrogen and oxygen atoms in total. The Balaban J connectivity index is 1.52. The van der Waals surface area contributed by atoms with E-state index < -0.39 is 0 Å². The second kappa shape index (κ2) is 9.91. The third-order valence-corrected chi connectivity index (χ3v) is 9.36. The minimum atomic E-state index is -0.0173. The van der Waals surface area contributed by atoms with Gasteiger partial charge in [0.1, 0.15) is 0 Å². The summed E-state index contributed by atoms with van der Waals surface area (Å²) in [6.45, 7) is 4.17. The first-order valence-electron chi connectivity index (χ1n) is 10.2. The zero-order valence-corrected chi connectivity index (χ0v) is 21.6. The molecule has 1 heterocycles. The monoisotopic (exact) mass is 573 g/mol. The summed E-state index contributed by atoms with van der Waals surface area (Å²) < 4.78 is 1.55. The molecule has 0 aromatic heterocycles. The molecular weight excluding hydrogens is 550 g/mol. The average Bonchev–Trinajstić information content (AvgIpc) is 2.74. The van der Waals surface area contributed by atoms with Crippen LogP contribution in [0.25, 0.3) is 0 Å². The van der Waals surface area contributed by atoms with Gasteiger partial charge in [-0.1, -0.05) is 0 Å². The van der Waals surface area contributed by atoms with Crippen LogP contribution in [-0.2, 0) is 12.8 Å². The van der Waals surface area contributed by atoms with E-state index >= 15 is 0 Å². The van der Waals surface area contributed by atoms with Gasteiger partial charge in [0.25, 0.3) is 0 Å². The summed E-state index contributed by atoms with van der Waals surface area (Å²) >= 11 is 18.9. The number of aliphatic imine (C=N–C) groups is 1. The predicted molar refractivity (Wildman–Crippen MR) is 125 cm³/mol. The number of aryl methyl sites for hydroxylation is 1. The van der Waals surface area contributed by atoms with E-state index in [1.165, 1.54) is 23.2 Å². The minimum absolute atomic E-state index is 0.0173. The van der Waals surface area contributed by atoms with E-state index in [9.17, 15) is 0 Å². The van der Waals surface area contributed by atoms with Gasteiger partial charge in [0.2, 0.25) is 0 Å². The third-order valence-electron chi connectivity index (χ3n) is 6.05. The second-order valence-corrected chi connectivity index (χ2v) is 11.5. The molecule has 0 spiro atoms. The number of halogens is 4. The summed E-state index contributed by atoms with van der Waals surface area (Å²) in [4.78, 5) is 10.0. The van der Waals surface area contributed by atoms with Crippen molar-refractivity contribution in [3.8, 4) is 0 Å². The van der Waals surface area contributed by atoms with E-state index in [2.05, 4.69) is 28.9 Å². The van der Waals surface area contributed by atoms with Crippen LogP contribution in [0, 0.1) is 0 Å². The second-order valence-electron chi connectivity index (χ2n) is 7.87. The number of fused-ring (bicyclic) bond motifs is 1. The van der Waals surface area contributed by atoms with Gasteiger partial charge < -0.3 is 0 Å². The Morgan fingerprint density at radius 3 is 2.50 bits per heavy atom. The van der Waals surface area contributed by atoms with Crippen LogP contribution in [0.5, 0.6) is 0 Å². The van der Waals surface area contributed by atoms with Crippen LogP contribution < -0.4 is 21.2 Å². The topological polar surface area (TPSA) is 15.6 Å². The number of alkyl halides is 1. The summed E-state index contributed by atoms with van der Waals surface area (Å²) in [5.74, 6) is 0. The quantitative estimate of drug-likeness (QED) is 0.309. The Kier molecular flexibility index (Phi) is 7.46. The fourth-order valence-corrected chi connectivity index (χ4v) is 6.83. The van der Waals surface area contributed by atoms with Crippen molar-refractivity contribution in [1.82, 2.24) is 4.90 Å². The van der Waals surface area contributed by atoms with Crippen LogP contribution in [0.15, 0.2) is 50.7 Å². The molecule has 0 amide bonds. The van der Waals surface area contributed by atoms with Gasteiger partial charge in [0.05, 0.1) is 0 Å². The Bertz CT molecular complexity index is 1020. The standard InChI is InChI=1S/C24H25Cl3IN2/c1-15(19-5-3-4-6-20(19)25)29-24-9-10-30(14-23(24)28-2)18-8-7-16-12-21(26)22(27)13-17(16)11-18/h3-6,12-13,18H,7-11,14H2,1-2H3/q-1. The molecule has 4 rings (SSSR count). The summed E-state index contributed by atoms with van der Waals surface area (Å²) in [5.41, 5.74) is 6.04. The normalized spacial score (nSPS) is 20.6. The van der Waals surface area contributed by atoms with E-state index in [0.717, 1.165) is 48.6 Å². The molecule has 1 aliphatic carbocycles. The van der Waals surface area contributed by atoms with Gasteiger partial charge in [0.15, 0.2) is 0 Å². The van der Waals surface area contributed by atoms with Crippen LogP contribution >= 0.6 is 34.8 Å². The van der Waals surface area contributed by atoms with Crippen LogP contribution in [0.4, 0.5) is 0 Å². The van der Waals surface area contributed by atoms with Gasteiger partial charge in [-0.05, 0) is 0 Å². The predicted octanol–water partition coefficient (Wildman–Crippen LogP) is 3.65. The van der Waals surface area contributed by atoms with Gasteiger partial charge in [0, 0.05) is 0 Å². The SMILES string of the molecule is C[I-]C1=C(N=C(C)c2ccccc2Cl)CCN(C2CCc3cc(Cl)c(Cl)cc3C2)C1. The van der Waals surface area contributed by atoms with Gasteiger partial charge in [-0.2, -0.15) is 0 Å². The molecule has 2 aromatic carbocycles. The molecular formula is C24H25Cl3IN2-. The number of nitrogens with zero attached hydrogens (tertiary/aromatic N) is 2. The molecule has 6 heteroatoms. The molecule has 1 atom stereocenters. The first-order valence-corrected chi connectivity index (χ1v) is 14.6. The molecule has 2 aromatic rings. The molecule has 0 bridgehead atoms. The van der Waals surface area contributed by atoms with Crippen molar-refractivity contribution in [1.29, 1.82) is 0 Å². The number of hydrogen-bond donors (Lipinski definition) is 0. The molecule has 1 unspecified atom stereocenters. The fourth-order valence-electron chi connectivity index (χ4n) is 4.39. The van der Waals surface area contributed by atoms with Crippen molar-refractivity contribution in [2.45, 2.75) is 38.6 Å². The van der Waals surface area contributed by atoms with E-state index in [4.69, 9.17) is 39.8 Å². The maximum absolute atomic E-state index is 6.38. The van der Waals surface area contributed by atoms with Crippen LogP contribution in [0.3, 0.4) is 0 Å². The van der Waals surface area contributed by atoms with Crippen LogP contribution in [0.1, 0.15) is 36.5 Å². The molecule has 160 valence electrons. The Hall–Kier alpha value is -0.590. The molecule has 0 saturated carbocycles. The molecule has 0 N–H and O–H groups in total. The molecule has 30 heavy (non-hydrogen) atoms. The molecule has 1 aliphatic heterocycles. The summed E-state index contributed by atoms with van der Waals surface area (Å²) in [6.07, 6.45) is 4.32. The summed E-state index contributed by atoms with van der Waals surface area (Å²) in [5, 5.41) is 2.11. The number of benzene rings is 2. The number of rotatable bonds is 4. The Labute approximate surface area is 204 Å². The van der Waals surface area contributed by atoms with Crippen molar-refractivity contribution in [2.75, 3.05) is 18.0 Å². The van der Waals surface area contributed by atoms with Gasteiger partial charge in [-0.25, -0.2) is 0 Å². The first-order chi connectivity index (χ1) is 14.5. The zero-order chi connectivity index (χ0) is 21.3. The molecule has 0 fully saturated rings. The van der Waals surface area contributed by atoms with Crippen molar-refractivity contribution in [3.05, 3.63) is 77.4 Å². The van der Waals surface area contributed by atoms with Gasteiger partial charge in [-0.15, -0.1) is 0 Å². The zero-order valence-electron chi connectivity index (χ0n) is 17.2.